The fraction of sp³-hybridized carbons (Fsp3) is 0.375. The molecule has 64 valence electrons. The highest BCUT2D eigenvalue weighted by Gasteiger charge is 1.86. The van der Waals surface area contributed by atoms with Gasteiger partial charge >= 0.3 is 0 Å². The lowest BCUT2D eigenvalue weighted by atomic mass is 10.3. The van der Waals surface area contributed by atoms with Crippen LogP contribution in [0.3, 0.4) is 0 Å². The van der Waals surface area contributed by atoms with Gasteiger partial charge in [-0.15, -0.1) is 0 Å². The van der Waals surface area contributed by atoms with E-state index < -0.39 is 5.91 Å². The molecular formula is C8H15NO2. The molecule has 3 heteroatoms. The molecule has 3 nitrogen and oxygen atoms in total. The fourth-order valence-corrected chi connectivity index (χ4v) is 0.118. The van der Waals surface area contributed by atoms with Gasteiger partial charge in [0.05, 0.1) is 12.9 Å². The van der Waals surface area contributed by atoms with Crippen LogP contribution in [0.4, 0.5) is 0 Å². The Balaban J connectivity index is 0. The van der Waals surface area contributed by atoms with Crippen molar-refractivity contribution in [2.24, 2.45) is 5.73 Å². The van der Waals surface area contributed by atoms with Gasteiger partial charge in [-0.05, 0) is 13.8 Å². The van der Waals surface area contributed by atoms with Gasteiger partial charge in [-0.1, -0.05) is 13.2 Å². The summed E-state index contributed by atoms with van der Waals surface area (Å²) in [6.07, 6.45) is 1.43. The maximum atomic E-state index is 9.82. The molecule has 0 spiro atoms. The van der Waals surface area contributed by atoms with E-state index in [1.807, 2.05) is 6.92 Å². The van der Waals surface area contributed by atoms with Gasteiger partial charge in [0.1, 0.15) is 0 Å². The van der Waals surface area contributed by atoms with Crippen LogP contribution in [0, 0.1) is 0 Å². The highest BCUT2D eigenvalue weighted by Crippen LogP contribution is 1.78. The Kier molecular flexibility index (Phi) is 9.89. The monoisotopic (exact) mass is 157 g/mol. The largest absolute Gasteiger partial charge is 0.502 e. The summed E-state index contributed by atoms with van der Waals surface area (Å²) in [5, 5.41) is 0. The number of carbonyl (C=O) groups excluding carboxylic acids is 1. The lowest BCUT2D eigenvalue weighted by molar-refractivity contribution is -0.114. The van der Waals surface area contributed by atoms with Crippen molar-refractivity contribution >= 4 is 5.91 Å². The Morgan fingerprint density at radius 2 is 2.09 bits per heavy atom. The molecule has 11 heavy (non-hydrogen) atoms. The summed E-state index contributed by atoms with van der Waals surface area (Å²) in [6, 6.07) is 0. The molecule has 0 atom stereocenters. The number of ether oxygens (including phenoxy) is 1. The van der Waals surface area contributed by atoms with Crippen molar-refractivity contribution in [3.05, 3.63) is 25.0 Å². The topological polar surface area (TPSA) is 52.3 Å². The first-order chi connectivity index (χ1) is 5.06. The molecular weight excluding hydrogens is 142 g/mol. The van der Waals surface area contributed by atoms with E-state index in [2.05, 4.69) is 17.9 Å². The number of hydrogen-bond acceptors (Lipinski definition) is 2. The summed E-state index contributed by atoms with van der Waals surface area (Å²) in [7, 11) is 0. The maximum Gasteiger partial charge on any atom is 0.243 e. The summed E-state index contributed by atoms with van der Waals surface area (Å²) in [6.45, 7) is 10.8. The summed E-state index contributed by atoms with van der Waals surface area (Å²) in [5.41, 5.74) is 5.09. The summed E-state index contributed by atoms with van der Waals surface area (Å²) < 4.78 is 4.60. The van der Waals surface area contributed by atoms with Crippen LogP contribution in [0.25, 0.3) is 0 Å². The van der Waals surface area contributed by atoms with Gasteiger partial charge < -0.3 is 10.5 Å². The molecule has 0 fully saturated rings. The number of rotatable bonds is 3. The average molecular weight is 157 g/mol. The predicted molar refractivity (Wildman–Crippen MR) is 45.8 cm³/mol. The number of amides is 1. The zero-order valence-corrected chi connectivity index (χ0v) is 7.09. The quantitative estimate of drug-likeness (QED) is 0.494. The Morgan fingerprint density at radius 3 is 2.09 bits per heavy atom. The molecule has 0 aliphatic heterocycles. The molecule has 0 aliphatic rings. The van der Waals surface area contributed by atoms with E-state index >= 15 is 0 Å². The van der Waals surface area contributed by atoms with Crippen molar-refractivity contribution < 1.29 is 9.53 Å². The minimum atomic E-state index is -0.435. The van der Waals surface area contributed by atoms with Crippen molar-refractivity contribution in [3.63, 3.8) is 0 Å². The van der Waals surface area contributed by atoms with E-state index in [1.54, 1.807) is 6.92 Å². The number of primary amides is 1. The van der Waals surface area contributed by atoms with E-state index in [1.165, 1.54) is 6.26 Å². The average Bonchev–Trinajstić information content (AvgIpc) is 1.90. The predicted octanol–water partition coefficient (Wildman–Crippen LogP) is 1.21. The van der Waals surface area contributed by atoms with Crippen LogP contribution in [0.5, 0.6) is 0 Å². The molecule has 0 unspecified atom stereocenters. The zero-order chi connectivity index (χ0) is 9.28. The maximum absolute atomic E-state index is 9.82. The minimum Gasteiger partial charge on any atom is -0.502 e. The van der Waals surface area contributed by atoms with Gasteiger partial charge in [-0.3, -0.25) is 4.79 Å². The van der Waals surface area contributed by atoms with Crippen LogP contribution in [0.2, 0.25) is 0 Å². The third-order valence-electron chi connectivity index (χ3n) is 0.705. The highest BCUT2D eigenvalue weighted by molar-refractivity contribution is 5.90. The van der Waals surface area contributed by atoms with Gasteiger partial charge in [0, 0.05) is 5.57 Å². The van der Waals surface area contributed by atoms with E-state index in [9.17, 15) is 4.79 Å². The normalized spacial score (nSPS) is 7.09. The van der Waals surface area contributed by atoms with E-state index in [0.29, 0.717) is 5.57 Å². The molecule has 1 amide bonds. The first kappa shape index (κ1) is 12.4. The minimum absolute atomic E-state index is 0.398. The molecule has 0 bridgehead atoms. The van der Waals surface area contributed by atoms with E-state index in [4.69, 9.17) is 5.73 Å². The first-order valence-corrected chi connectivity index (χ1v) is 3.24. The van der Waals surface area contributed by atoms with Crippen molar-refractivity contribution in [3.8, 4) is 0 Å². The van der Waals surface area contributed by atoms with Crippen LogP contribution in [-0.4, -0.2) is 12.5 Å². The second-order valence-corrected chi connectivity index (χ2v) is 1.77. The molecule has 2 N–H and O–H groups in total. The van der Waals surface area contributed by atoms with Gasteiger partial charge in [0.15, 0.2) is 0 Å². The Morgan fingerprint density at radius 1 is 1.73 bits per heavy atom. The van der Waals surface area contributed by atoms with Gasteiger partial charge in [-0.2, -0.15) is 0 Å². The summed E-state index contributed by atoms with van der Waals surface area (Å²) >= 11 is 0. The van der Waals surface area contributed by atoms with E-state index in [0.717, 1.165) is 6.61 Å². The zero-order valence-electron chi connectivity index (χ0n) is 7.09. The standard InChI is InChI=1S/C4H7NO.C4H8O/c1-3(2)4(5)6;1-3-5-4-2/h1H2,2H3,(H2,5,6);3H,1,4H2,2H3. The second kappa shape index (κ2) is 8.75. The van der Waals surface area contributed by atoms with Gasteiger partial charge in [0.2, 0.25) is 5.91 Å². The van der Waals surface area contributed by atoms with Crippen molar-refractivity contribution in [1.29, 1.82) is 0 Å². The third kappa shape index (κ3) is 17.7. The van der Waals surface area contributed by atoms with Crippen molar-refractivity contribution in [2.75, 3.05) is 6.61 Å². The lowest BCUT2D eigenvalue weighted by Gasteiger charge is -1.84. The Labute approximate surface area is 67.5 Å². The van der Waals surface area contributed by atoms with Crippen molar-refractivity contribution in [1.82, 2.24) is 0 Å². The number of hydrogen-bond donors (Lipinski definition) is 1. The molecule has 0 aliphatic carbocycles. The van der Waals surface area contributed by atoms with E-state index in [-0.39, 0.29) is 0 Å². The Hall–Kier alpha value is -1.25. The van der Waals surface area contributed by atoms with Crippen LogP contribution >= 0.6 is 0 Å². The van der Waals surface area contributed by atoms with Crippen LogP contribution in [0.1, 0.15) is 13.8 Å². The molecule has 0 saturated heterocycles. The molecule has 0 rings (SSSR count). The fourth-order valence-electron chi connectivity index (χ4n) is 0.118. The molecule has 0 aromatic rings. The summed E-state index contributed by atoms with van der Waals surface area (Å²) in [4.78, 5) is 9.82. The smallest absolute Gasteiger partial charge is 0.243 e. The molecule has 0 heterocycles. The molecule has 0 aromatic heterocycles. The second-order valence-electron chi connectivity index (χ2n) is 1.77. The van der Waals surface area contributed by atoms with Gasteiger partial charge in [-0.25, -0.2) is 0 Å². The van der Waals surface area contributed by atoms with Crippen LogP contribution in [0.15, 0.2) is 25.0 Å². The highest BCUT2D eigenvalue weighted by atomic mass is 16.5. The lowest BCUT2D eigenvalue weighted by Crippen LogP contribution is -2.10. The van der Waals surface area contributed by atoms with Crippen LogP contribution in [-0.2, 0) is 9.53 Å². The third-order valence-corrected chi connectivity index (χ3v) is 0.705. The summed E-state index contributed by atoms with van der Waals surface area (Å²) in [5.74, 6) is -0.435. The van der Waals surface area contributed by atoms with Crippen molar-refractivity contribution in [2.45, 2.75) is 13.8 Å². The molecule has 0 aromatic carbocycles. The first-order valence-electron chi connectivity index (χ1n) is 3.24. The number of nitrogens with two attached hydrogens (primary N) is 1. The Bertz CT molecular complexity index is 129. The molecule has 0 saturated carbocycles. The molecule has 0 radical (unpaired) electrons. The van der Waals surface area contributed by atoms with Crippen LogP contribution < -0.4 is 5.73 Å². The van der Waals surface area contributed by atoms with Gasteiger partial charge in [0.25, 0.3) is 0 Å². The number of carbonyl (C=O) groups is 1. The SMILES string of the molecule is C=C(C)C(N)=O.C=COCC.